The molecule has 24 heavy (non-hydrogen) atoms. The van der Waals surface area contributed by atoms with Gasteiger partial charge in [-0.1, -0.05) is 29.4 Å². The van der Waals surface area contributed by atoms with Crippen molar-refractivity contribution >= 4 is 40.8 Å². The summed E-state index contributed by atoms with van der Waals surface area (Å²) in [7, 11) is 0. The van der Waals surface area contributed by atoms with E-state index in [0.717, 1.165) is 11.8 Å². The molecule has 0 aliphatic rings. The Hall–Kier alpha value is -2.74. The van der Waals surface area contributed by atoms with Crippen molar-refractivity contribution in [2.45, 2.75) is 17.2 Å². The van der Waals surface area contributed by atoms with Gasteiger partial charge in [0.15, 0.2) is 5.03 Å². The molecule has 0 saturated heterocycles. The van der Waals surface area contributed by atoms with Crippen LogP contribution in [0.1, 0.15) is 18.1 Å². The second-order valence-electron chi connectivity index (χ2n) is 4.82. The van der Waals surface area contributed by atoms with Crippen LogP contribution in [0.25, 0.3) is 0 Å². The van der Waals surface area contributed by atoms with Gasteiger partial charge in [0, 0.05) is 10.7 Å². The number of amides is 1. The number of nitrogens with zero attached hydrogens (tertiary/aromatic N) is 2. The van der Waals surface area contributed by atoms with Crippen molar-refractivity contribution in [3.63, 3.8) is 0 Å². The number of hydrogen-bond donors (Lipinski definition) is 2. The molecule has 0 bridgehead atoms. The van der Waals surface area contributed by atoms with Crippen LogP contribution in [0.4, 0.5) is 11.5 Å². The van der Waals surface area contributed by atoms with Gasteiger partial charge in [0.1, 0.15) is 23.3 Å². The van der Waals surface area contributed by atoms with Crippen LogP contribution in [0, 0.1) is 22.7 Å². The van der Waals surface area contributed by atoms with E-state index in [1.54, 1.807) is 31.2 Å². The number of rotatable bonds is 4. The minimum Gasteiger partial charge on any atom is -0.325 e. The molecule has 0 radical (unpaired) electrons. The van der Waals surface area contributed by atoms with Crippen molar-refractivity contribution in [3.05, 3.63) is 46.5 Å². The summed E-state index contributed by atoms with van der Waals surface area (Å²) in [6.07, 6.45) is 0. The maximum atomic E-state index is 12.3. The van der Waals surface area contributed by atoms with Crippen molar-refractivity contribution in [1.29, 1.82) is 10.5 Å². The Morgan fingerprint density at radius 3 is 2.67 bits per heavy atom. The third-order valence-electron chi connectivity index (χ3n) is 3.07. The van der Waals surface area contributed by atoms with Gasteiger partial charge in [0.25, 0.3) is 5.82 Å². The van der Waals surface area contributed by atoms with Crippen molar-refractivity contribution in [3.8, 4) is 12.1 Å². The number of benzene rings is 1. The van der Waals surface area contributed by atoms with Crippen LogP contribution in [0.3, 0.4) is 0 Å². The number of aromatic amines is 1. The second-order valence-corrected chi connectivity index (χ2v) is 6.61. The van der Waals surface area contributed by atoms with Gasteiger partial charge in [0.2, 0.25) is 5.91 Å². The highest BCUT2D eigenvalue weighted by molar-refractivity contribution is 8.00. The highest BCUT2D eigenvalue weighted by atomic mass is 35.5. The van der Waals surface area contributed by atoms with Crippen LogP contribution < -0.4 is 16.0 Å². The number of halogens is 1. The molecule has 0 aliphatic carbocycles. The van der Waals surface area contributed by atoms with E-state index in [4.69, 9.17) is 22.6 Å². The Labute approximate surface area is 148 Å². The summed E-state index contributed by atoms with van der Waals surface area (Å²) in [6, 6.07) is 12.1. The molecule has 0 saturated carbocycles. The van der Waals surface area contributed by atoms with Gasteiger partial charge in [0.05, 0.1) is 5.25 Å². The highest BCUT2D eigenvalue weighted by Crippen LogP contribution is 2.25. The molecule has 1 aromatic heterocycles. The zero-order chi connectivity index (χ0) is 17.7. The lowest BCUT2D eigenvalue weighted by molar-refractivity contribution is -0.410. The fraction of sp³-hybridized carbons (Fsp3) is 0.125. The predicted octanol–water partition coefficient (Wildman–Crippen LogP) is 2.60. The first kappa shape index (κ1) is 17.6. The van der Waals surface area contributed by atoms with Crippen molar-refractivity contribution in [1.82, 2.24) is 0 Å². The maximum absolute atomic E-state index is 12.3. The van der Waals surface area contributed by atoms with Gasteiger partial charge < -0.3 is 5.32 Å². The van der Waals surface area contributed by atoms with Crippen LogP contribution in [0.15, 0.2) is 35.4 Å². The summed E-state index contributed by atoms with van der Waals surface area (Å²) in [4.78, 5) is 15.1. The first-order valence-electron chi connectivity index (χ1n) is 6.83. The number of nitriles is 2. The predicted molar refractivity (Wildman–Crippen MR) is 92.2 cm³/mol. The topological polar surface area (TPSA) is 117 Å². The number of anilines is 2. The third kappa shape index (κ3) is 4.17. The average Bonchev–Trinajstić information content (AvgIpc) is 2.55. The summed E-state index contributed by atoms with van der Waals surface area (Å²) in [5, 5.41) is 21.3. The van der Waals surface area contributed by atoms with Crippen molar-refractivity contribution < 1.29 is 9.78 Å². The fourth-order valence-electron chi connectivity index (χ4n) is 1.85. The zero-order valence-corrected chi connectivity index (χ0v) is 14.2. The largest absolute Gasteiger partial charge is 0.325 e. The molecular weight excluding hydrogens is 346 g/mol. The van der Waals surface area contributed by atoms with E-state index in [0.29, 0.717) is 15.7 Å². The van der Waals surface area contributed by atoms with E-state index < -0.39 is 5.25 Å². The molecule has 1 atom stereocenters. The average molecular weight is 359 g/mol. The van der Waals surface area contributed by atoms with Crippen LogP contribution in [0.5, 0.6) is 0 Å². The minimum atomic E-state index is -0.500. The number of aromatic nitrogens is 1. The fourth-order valence-corrected chi connectivity index (χ4v) is 2.96. The van der Waals surface area contributed by atoms with E-state index in [1.165, 1.54) is 6.07 Å². The molecule has 2 aromatic rings. The molecule has 120 valence electrons. The lowest BCUT2D eigenvalue weighted by Gasteiger charge is -2.11. The molecule has 0 unspecified atom stereocenters. The Morgan fingerprint density at radius 2 is 2.04 bits per heavy atom. The molecule has 1 aromatic carbocycles. The molecule has 8 heteroatoms. The van der Waals surface area contributed by atoms with E-state index in [-0.39, 0.29) is 22.9 Å². The highest BCUT2D eigenvalue weighted by Gasteiger charge is 2.21. The summed E-state index contributed by atoms with van der Waals surface area (Å²) in [6.45, 7) is 1.70. The molecule has 0 aliphatic heterocycles. The Morgan fingerprint density at radius 1 is 1.33 bits per heavy atom. The number of nitrogens with two attached hydrogens (primary N) is 1. The minimum absolute atomic E-state index is 0.154. The lowest BCUT2D eigenvalue weighted by atomic mass is 10.2. The molecule has 0 fully saturated rings. The van der Waals surface area contributed by atoms with Gasteiger partial charge >= 0.3 is 0 Å². The van der Waals surface area contributed by atoms with Crippen LogP contribution in [-0.2, 0) is 4.79 Å². The first-order chi connectivity index (χ1) is 11.4. The lowest BCUT2D eigenvalue weighted by Crippen LogP contribution is -2.25. The molecule has 6 nitrogen and oxygen atoms in total. The monoisotopic (exact) mass is 358 g/mol. The van der Waals surface area contributed by atoms with E-state index in [2.05, 4.69) is 10.3 Å². The number of thioether (sulfide) groups is 1. The Bertz CT molecular complexity index is 872. The van der Waals surface area contributed by atoms with E-state index in [1.807, 2.05) is 12.1 Å². The summed E-state index contributed by atoms with van der Waals surface area (Å²) in [5.41, 5.74) is 6.76. The third-order valence-corrected chi connectivity index (χ3v) is 4.43. The number of hydrogen-bond acceptors (Lipinski definition) is 5. The van der Waals surface area contributed by atoms with Crippen LogP contribution >= 0.6 is 23.4 Å². The number of nitrogen functional groups attached to an aromatic ring is 1. The summed E-state index contributed by atoms with van der Waals surface area (Å²) < 4.78 is 0. The number of H-pyrrole nitrogens is 1. The van der Waals surface area contributed by atoms with Gasteiger partial charge in [-0.2, -0.15) is 10.5 Å². The maximum Gasteiger partial charge on any atom is 0.289 e. The van der Waals surface area contributed by atoms with Gasteiger partial charge in [-0.25, -0.2) is 4.98 Å². The molecule has 1 amide bonds. The van der Waals surface area contributed by atoms with Gasteiger partial charge in [-0.15, -0.1) is 0 Å². The molecule has 0 spiro atoms. The normalized spacial score (nSPS) is 11.2. The molecule has 2 rings (SSSR count). The quantitative estimate of drug-likeness (QED) is 0.814. The smallest absolute Gasteiger partial charge is 0.289 e. The number of carbonyl (C=O) groups is 1. The SMILES string of the molecule is C[C@@H](Sc1[nH+]c(N)c(C#N)cc1C#N)C(=O)Nc1cccc(Cl)c1. The molecule has 4 N–H and O–H groups in total. The Balaban J connectivity index is 2.16. The van der Waals surface area contributed by atoms with Gasteiger partial charge in [-0.05, 0) is 31.2 Å². The van der Waals surface area contributed by atoms with Crippen molar-refractivity contribution in [2.75, 3.05) is 11.1 Å². The van der Waals surface area contributed by atoms with Crippen molar-refractivity contribution in [2.24, 2.45) is 0 Å². The summed E-state index contributed by atoms with van der Waals surface area (Å²) >= 11 is 7.03. The number of carbonyl (C=O) groups excluding carboxylic acids is 1. The molecular formula is C16H13ClN5OS+. The van der Waals surface area contributed by atoms with E-state index in [9.17, 15) is 10.1 Å². The zero-order valence-electron chi connectivity index (χ0n) is 12.6. The molecule has 1 heterocycles. The van der Waals surface area contributed by atoms with Gasteiger partial charge in [-0.3, -0.25) is 10.5 Å². The standard InChI is InChI=1S/C16H12ClN5OS/c1-9(15(23)21-13-4-2-3-12(17)6-13)24-16-11(8-19)5-10(7-18)14(20)22-16/h2-6,9H,1H3,(H2,20,22)(H,21,23)/p+1/t9-/m1/s1. The second kappa shape index (κ2) is 7.69. The number of nitrogens with one attached hydrogen (secondary N) is 2. The Kier molecular flexibility index (Phi) is 5.64. The first-order valence-corrected chi connectivity index (χ1v) is 8.09. The van der Waals surface area contributed by atoms with Crippen LogP contribution in [-0.4, -0.2) is 11.2 Å². The van der Waals surface area contributed by atoms with E-state index >= 15 is 0 Å². The van der Waals surface area contributed by atoms with Crippen LogP contribution in [0.2, 0.25) is 5.02 Å². The summed E-state index contributed by atoms with van der Waals surface area (Å²) in [5.74, 6) is -0.0936. The number of pyridine rings is 1.